The first-order chi connectivity index (χ1) is 9.88. The van der Waals surface area contributed by atoms with Crippen molar-refractivity contribution in [3.63, 3.8) is 0 Å². The van der Waals surface area contributed by atoms with Crippen LogP contribution in [0.4, 0.5) is 0 Å². The summed E-state index contributed by atoms with van der Waals surface area (Å²) in [5, 5.41) is 12.0. The molecule has 0 aliphatic carbocycles. The second-order valence-corrected chi connectivity index (χ2v) is 5.07. The quantitative estimate of drug-likeness (QED) is 0.922. The molecule has 2 heterocycles. The van der Waals surface area contributed by atoms with E-state index in [0.717, 1.165) is 37.8 Å². The molecule has 3 rings (SSSR count). The van der Waals surface area contributed by atoms with Crippen LogP contribution in [0.1, 0.15) is 36.6 Å². The number of aromatic nitrogens is 3. The van der Waals surface area contributed by atoms with Crippen LogP contribution in [0, 0.1) is 0 Å². The molecule has 6 heteroatoms. The van der Waals surface area contributed by atoms with E-state index in [2.05, 4.69) is 51.3 Å². The Kier molecular flexibility index (Phi) is 5.73. The van der Waals surface area contributed by atoms with Crippen molar-refractivity contribution in [2.75, 3.05) is 6.61 Å². The van der Waals surface area contributed by atoms with E-state index in [1.807, 2.05) is 6.07 Å². The fraction of sp³-hybridized carbons (Fsp3) is 0.467. The molecule has 1 N–H and O–H groups in total. The molecule has 5 nitrogen and oxygen atoms in total. The summed E-state index contributed by atoms with van der Waals surface area (Å²) in [6.45, 7) is 5.08. The van der Waals surface area contributed by atoms with Gasteiger partial charge in [0.2, 0.25) is 0 Å². The lowest BCUT2D eigenvalue weighted by atomic mass is 10.2. The van der Waals surface area contributed by atoms with Gasteiger partial charge in [-0.2, -0.15) is 0 Å². The summed E-state index contributed by atoms with van der Waals surface area (Å²) in [4.78, 5) is 0. The van der Waals surface area contributed by atoms with Crippen molar-refractivity contribution in [3.8, 4) is 0 Å². The Morgan fingerprint density at radius 1 is 1.24 bits per heavy atom. The third-order valence-corrected chi connectivity index (χ3v) is 3.67. The van der Waals surface area contributed by atoms with Gasteiger partial charge in [0.05, 0.1) is 19.2 Å². The van der Waals surface area contributed by atoms with E-state index in [1.165, 1.54) is 5.56 Å². The van der Waals surface area contributed by atoms with Gasteiger partial charge in [-0.3, -0.25) is 0 Å². The number of nitrogens with zero attached hydrogens (tertiary/aromatic N) is 3. The number of rotatable bonds is 5. The molecule has 0 saturated heterocycles. The minimum Gasteiger partial charge on any atom is -0.371 e. The van der Waals surface area contributed by atoms with Gasteiger partial charge in [-0.05, 0) is 12.0 Å². The van der Waals surface area contributed by atoms with Gasteiger partial charge in [-0.1, -0.05) is 37.3 Å². The van der Waals surface area contributed by atoms with Gasteiger partial charge >= 0.3 is 0 Å². The van der Waals surface area contributed by atoms with Crippen LogP contribution in [0.3, 0.4) is 0 Å². The summed E-state index contributed by atoms with van der Waals surface area (Å²) in [5.74, 6) is 1.95. The van der Waals surface area contributed by atoms with E-state index in [1.54, 1.807) is 0 Å². The van der Waals surface area contributed by atoms with Crippen LogP contribution >= 0.6 is 12.4 Å². The van der Waals surface area contributed by atoms with Crippen molar-refractivity contribution >= 4 is 12.4 Å². The average molecular weight is 309 g/mol. The number of ether oxygens (including phenoxy) is 1. The molecule has 21 heavy (non-hydrogen) atoms. The molecular weight excluding hydrogens is 288 g/mol. The van der Waals surface area contributed by atoms with Crippen molar-refractivity contribution in [1.82, 2.24) is 20.1 Å². The van der Waals surface area contributed by atoms with E-state index in [0.29, 0.717) is 12.6 Å². The van der Waals surface area contributed by atoms with Gasteiger partial charge in [0.25, 0.3) is 0 Å². The molecule has 0 fully saturated rings. The minimum atomic E-state index is 0. The third-order valence-electron chi connectivity index (χ3n) is 3.67. The highest BCUT2D eigenvalue weighted by atomic mass is 35.5. The largest absolute Gasteiger partial charge is 0.371 e. The molecule has 0 radical (unpaired) electrons. The first-order valence-corrected chi connectivity index (χ1v) is 7.13. The van der Waals surface area contributed by atoms with E-state index in [-0.39, 0.29) is 12.4 Å². The van der Waals surface area contributed by atoms with E-state index >= 15 is 0 Å². The Hall–Kier alpha value is -1.43. The SMILES string of the molecule is CCC1COCc2nnc(CNCc3ccccc3)n21.Cl. The summed E-state index contributed by atoms with van der Waals surface area (Å²) >= 11 is 0. The molecule has 1 aliphatic heterocycles. The Morgan fingerprint density at radius 3 is 2.81 bits per heavy atom. The second-order valence-electron chi connectivity index (χ2n) is 5.07. The number of hydrogen-bond acceptors (Lipinski definition) is 4. The molecule has 1 atom stereocenters. The summed E-state index contributed by atoms with van der Waals surface area (Å²) in [5.41, 5.74) is 1.28. The van der Waals surface area contributed by atoms with Crippen LogP contribution in [0.15, 0.2) is 30.3 Å². The fourth-order valence-corrected chi connectivity index (χ4v) is 2.58. The highest BCUT2D eigenvalue weighted by Gasteiger charge is 2.23. The maximum Gasteiger partial charge on any atom is 0.159 e. The summed E-state index contributed by atoms with van der Waals surface area (Å²) < 4.78 is 7.78. The summed E-state index contributed by atoms with van der Waals surface area (Å²) in [6, 6.07) is 10.7. The van der Waals surface area contributed by atoms with Crippen molar-refractivity contribution < 1.29 is 4.74 Å². The molecule has 0 spiro atoms. The standard InChI is InChI=1S/C15H20N4O.ClH/c1-2-13-10-20-11-15-18-17-14(19(13)15)9-16-8-12-6-4-3-5-7-12;/h3-7,13,16H,2,8-11H2,1H3;1H. The lowest BCUT2D eigenvalue weighted by Gasteiger charge is -2.25. The van der Waals surface area contributed by atoms with Crippen LogP contribution in [0.2, 0.25) is 0 Å². The monoisotopic (exact) mass is 308 g/mol. The molecule has 1 aromatic carbocycles. The first kappa shape index (κ1) is 15.9. The maximum absolute atomic E-state index is 5.54. The molecule has 1 aromatic heterocycles. The zero-order valence-corrected chi connectivity index (χ0v) is 13.0. The maximum atomic E-state index is 5.54. The summed E-state index contributed by atoms with van der Waals surface area (Å²) in [7, 11) is 0. The number of nitrogens with one attached hydrogen (secondary N) is 1. The highest BCUT2D eigenvalue weighted by molar-refractivity contribution is 5.85. The smallest absolute Gasteiger partial charge is 0.159 e. The molecule has 2 aromatic rings. The average Bonchev–Trinajstić information content (AvgIpc) is 2.92. The molecule has 114 valence electrons. The first-order valence-electron chi connectivity index (χ1n) is 7.13. The second kappa shape index (κ2) is 7.54. The van der Waals surface area contributed by atoms with Crippen LogP contribution in [-0.2, 0) is 24.4 Å². The van der Waals surface area contributed by atoms with Crippen LogP contribution in [0.5, 0.6) is 0 Å². The van der Waals surface area contributed by atoms with Gasteiger partial charge in [0, 0.05) is 6.54 Å². The normalized spacial score (nSPS) is 17.1. The topological polar surface area (TPSA) is 52.0 Å². The predicted molar refractivity (Wildman–Crippen MR) is 83.2 cm³/mol. The van der Waals surface area contributed by atoms with E-state index in [9.17, 15) is 0 Å². The van der Waals surface area contributed by atoms with Crippen molar-refractivity contribution in [2.45, 2.75) is 39.1 Å². The number of halogens is 1. The minimum absolute atomic E-state index is 0. The molecule has 0 bridgehead atoms. The molecule has 0 saturated carbocycles. The highest BCUT2D eigenvalue weighted by Crippen LogP contribution is 2.22. The van der Waals surface area contributed by atoms with Gasteiger partial charge in [0.1, 0.15) is 12.4 Å². The van der Waals surface area contributed by atoms with E-state index < -0.39 is 0 Å². The molecular formula is C15H21ClN4O. The zero-order chi connectivity index (χ0) is 13.8. The van der Waals surface area contributed by atoms with Crippen molar-refractivity contribution in [1.29, 1.82) is 0 Å². The van der Waals surface area contributed by atoms with Crippen LogP contribution in [0.25, 0.3) is 0 Å². The van der Waals surface area contributed by atoms with Crippen LogP contribution in [-0.4, -0.2) is 21.4 Å². The fourth-order valence-electron chi connectivity index (χ4n) is 2.58. The van der Waals surface area contributed by atoms with Crippen LogP contribution < -0.4 is 5.32 Å². The Bertz CT molecular complexity index is 558. The Labute approximate surface area is 131 Å². The number of hydrogen-bond donors (Lipinski definition) is 1. The zero-order valence-electron chi connectivity index (χ0n) is 12.2. The predicted octanol–water partition coefficient (Wildman–Crippen LogP) is 2.47. The molecule has 1 aliphatic rings. The lowest BCUT2D eigenvalue weighted by Crippen LogP contribution is -2.26. The van der Waals surface area contributed by atoms with Crippen molar-refractivity contribution in [2.24, 2.45) is 0 Å². The molecule has 0 amide bonds. The van der Waals surface area contributed by atoms with Crippen molar-refractivity contribution in [3.05, 3.63) is 47.5 Å². The Balaban J connectivity index is 0.00000161. The third kappa shape index (κ3) is 3.61. The van der Waals surface area contributed by atoms with E-state index in [4.69, 9.17) is 4.74 Å². The Morgan fingerprint density at radius 2 is 2.05 bits per heavy atom. The number of fused-ring (bicyclic) bond motifs is 1. The van der Waals surface area contributed by atoms with Gasteiger partial charge in [-0.15, -0.1) is 22.6 Å². The number of benzene rings is 1. The lowest BCUT2D eigenvalue weighted by molar-refractivity contribution is 0.0522. The van der Waals surface area contributed by atoms with Gasteiger partial charge < -0.3 is 14.6 Å². The molecule has 1 unspecified atom stereocenters. The van der Waals surface area contributed by atoms with Gasteiger partial charge in [0.15, 0.2) is 5.82 Å². The summed E-state index contributed by atoms with van der Waals surface area (Å²) in [6.07, 6.45) is 1.04. The van der Waals surface area contributed by atoms with Gasteiger partial charge in [-0.25, -0.2) is 0 Å².